The van der Waals surface area contributed by atoms with Gasteiger partial charge in [0, 0.05) is 26.1 Å². The van der Waals surface area contributed by atoms with E-state index in [-0.39, 0.29) is 37.0 Å². The standard InChI is InChI=1S/C24H35N5O5/c1-3-5-15-28(20-21(25)29(16-6-4-2)23(32)27-22(20)31)19(30)13-10-14-26-24(33)34-17-18-11-8-7-9-12-18/h7-9,11-12H,3-6,10,13-17,25H2,1-2H3,(H,26,33)(H,27,31,32). The van der Waals surface area contributed by atoms with E-state index in [4.69, 9.17) is 10.5 Å². The molecular weight excluding hydrogens is 438 g/mol. The van der Waals surface area contributed by atoms with Crippen molar-refractivity contribution in [1.29, 1.82) is 0 Å². The van der Waals surface area contributed by atoms with Gasteiger partial charge < -0.3 is 20.7 Å². The van der Waals surface area contributed by atoms with Crippen LogP contribution >= 0.6 is 0 Å². The molecule has 1 heterocycles. The molecule has 0 atom stereocenters. The smallest absolute Gasteiger partial charge is 0.407 e. The minimum absolute atomic E-state index is 0.00406. The van der Waals surface area contributed by atoms with Gasteiger partial charge in [0.1, 0.15) is 12.4 Å². The lowest BCUT2D eigenvalue weighted by Gasteiger charge is -2.24. The molecule has 4 N–H and O–H groups in total. The molecule has 0 fully saturated rings. The van der Waals surface area contributed by atoms with E-state index in [0.29, 0.717) is 32.4 Å². The summed E-state index contributed by atoms with van der Waals surface area (Å²) in [5, 5.41) is 2.62. The second-order valence-electron chi connectivity index (χ2n) is 7.99. The molecule has 2 aromatic rings. The number of nitrogens with two attached hydrogens (primary N) is 1. The van der Waals surface area contributed by atoms with E-state index in [9.17, 15) is 19.2 Å². The van der Waals surface area contributed by atoms with Gasteiger partial charge in [-0.3, -0.25) is 19.1 Å². The molecule has 0 saturated carbocycles. The van der Waals surface area contributed by atoms with Gasteiger partial charge in [-0.15, -0.1) is 0 Å². The number of ether oxygens (including phenoxy) is 1. The van der Waals surface area contributed by atoms with Gasteiger partial charge in [-0.05, 0) is 24.8 Å². The summed E-state index contributed by atoms with van der Waals surface area (Å²) in [5.74, 6) is -0.305. The SMILES string of the molecule is CCCCN(C(=O)CCCNC(=O)OCc1ccccc1)c1c(N)n(CCCC)c(=O)[nH]c1=O. The van der Waals surface area contributed by atoms with Gasteiger partial charge in [0.15, 0.2) is 5.69 Å². The molecule has 0 spiro atoms. The van der Waals surface area contributed by atoms with Crippen LogP contribution in [0.1, 0.15) is 57.9 Å². The minimum atomic E-state index is -0.678. The summed E-state index contributed by atoms with van der Waals surface area (Å²) in [6, 6.07) is 9.32. The normalized spacial score (nSPS) is 10.6. The van der Waals surface area contributed by atoms with Crippen LogP contribution in [0.5, 0.6) is 0 Å². The highest BCUT2D eigenvalue weighted by Crippen LogP contribution is 2.19. The van der Waals surface area contributed by atoms with Crippen molar-refractivity contribution in [2.45, 2.75) is 65.5 Å². The van der Waals surface area contributed by atoms with Crippen molar-refractivity contribution >= 4 is 23.5 Å². The summed E-state index contributed by atoms with van der Waals surface area (Å²) in [6.07, 6.45) is 2.92. The van der Waals surface area contributed by atoms with Gasteiger partial charge >= 0.3 is 11.8 Å². The molecule has 34 heavy (non-hydrogen) atoms. The highest BCUT2D eigenvalue weighted by molar-refractivity contribution is 5.95. The third kappa shape index (κ3) is 7.79. The topological polar surface area (TPSA) is 140 Å². The number of nitrogens with one attached hydrogen (secondary N) is 2. The second-order valence-corrected chi connectivity index (χ2v) is 7.99. The number of carbonyl (C=O) groups excluding carboxylic acids is 2. The summed E-state index contributed by atoms with van der Waals surface area (Å²) in [6.45, 7) is 5.02. The fourth-order valence-corrected chi connectivity index (χ4v) is 3.39. The maximum Gasteiger partial charge on any atom is 0.407 e. The molecule has 1 aromatic carbocycles. The summed E-state index contributed by atoms with van der Waals surface area (Å²) in [7, 11) is 0. The number of benzene rings is 1. The van der Waals surface area contributed by atoms with E-state index >= 15 is 0 Å². The van der Waals surface area contributed by atoms with Crippen LogP contribution in [0.3, 0.4) is 0 Å². The lowest BCUT2D eigenvalue weighted by molar-refractivity contribution is -0.118. The number of aromatic amines is 1. The van der Waals surface area contributed by atoms with Crippen LogP contribution in [-0.4, -0.2) is 34.6 Å². The number of alkyl carbamates (subject to hydrolysis) is 1. The summed E-state index contributed by atoms with van der Waals surface area (Å²) < 4.78 is 6.46. The number of anilines is 2. The van der Waals surface area contributed by atoms with Crippen molar-refractivity contribution in [2.24, 2.45) is 0 Å². The lowest BCUT2D eigenvalue weighted by atomic mass is 10.2. The Kier molecular flexibility index (Phi) is 10.9. The van der Waals surface area contributed by atoms with E-state index in [1.807, 2.05) is 44.2 Å². The predicted molar refractivity (Wildman–Crippen MR) is 132 cm³/mol. The average molecular weight is 474 g/mol. The fourth-order valence-electron chi connectivity index (χ4n) is 3.39. The number of aromatic nitrogens is 2. The molecule has 0 bridgehead atoms. The molecule has 2 amide bonds. The second kappa shape index (κ2) is 13.9. The Labute approximate surface area is 199 Å². The number of rotatable bonds is 13. The Balaban J connectivity index is 1.99. The molecule has 0 saturated heterocycles. The number of amides is 2. The van der Waals surface area contributed by atoms with Gasteiger partial charge in [-0.1, -0.05) is 57.0 Å². The van der Waals surface area contributed by atoms with E-state index in [1.54, 1.807) is 0 Å². The van der Waals surface area contributed by atoms with Crippen LogP contribution < -0.4 is 27.2 Å². The maximum absolute atomic E-state index is 13.0. The number of unbranched alkanes of at least 4 members (excludes halogenated alkanes) is 2. The predicted octanol–water partition coefficient (Wildman–Crippen LogP) is 2.76. The Bertz CT molecular complexity index is 1050. The average Bonchev–Trinajstić information content (AvgIpc) is 2.82. The number of H-pyrrole nitrogens is 1. The molecule has 1 aromatic heterocycles. The molecule has 10 heteroatoms. The van der Waals surface area contributed by atoms with E-state index in [0.717, 1.165) is 18.4 Å². The Morgan fingerprint density at radius 3 is 2.47 bits per heavy atom. The number of nitrogens with zero attached hydrogens (tertiary/aromatic N) is 2. The van der Waals surface area contributed by atoms with Crippen molar-refractivity contribution in [1.82, 2.24) is 14.9 Å². The first-order valence-electron chi connectivity index (χ1n) is 11.8. The van der Waals surface area contributed by atoms with Gasteiger partial charge in [-0.25, -0.2) is 9.59 Å². The van der Waals surface area contributed by atoms with Crippen LogP contribution in [0.25, 0.3) is 0 Å². The molecule has 0 aliphatic carbocycles. The lowest BCUT2D eigenvalue weighted by Crippen LogP contribution is -2.41. The highest BCUT2D eigenvalue weighted by Gasteiger charge is 2.23. The monoisotopic (exact) mass is 473 g/mol. The Hall–Kier alpha value is -3.56. The van der Waals surface area contributed by atoms with Crippen molar-refractivity contribution in [3.05, 3.63) is 56.7 Å². The molecular formula is C24H35N5O5. The maximum atomic E-state index is 13.0. The number of hydrogen-bond acceptors (Lipinski definition) is 6. The van der Waals surface area contributed by atoms with Gasteiger partial charge in [0.25, 0.3) is 5.56 Å². The number of carbonyl (C=O) groups is 2. The van der Waals surface area contributed by atoms with Crippen molar-refractivity contribution in [2.75, 3.05) is 23.7 Å². The molecule has 186 valence electrons. The number of hydrogen-bond donors (Lipinski definition) is 3. The van der Waals surface area contributed by atoms with Crippen molar-refractivity contribution in [3.8, 4) is 0 Å². The van der Waals surface area contributed by atoms with Gasteiger partial charge in [0.2, 0.25) is 5.91 Å². The number of nitrogen functional groups attached to an aromatic ring is 1. The summed E-state index contributed by atoms with van der Waals surface area (Å²) in [5.41, 5.74) is 5.81. The molecule has 0 aliphatic rings. The summed E-state index contributed by atoms with van der Waals surface area (Å²) >= 11 is 0. The van der Waals surface area contributed by atoms with Crippen LogP contribution in [0.4, 0.5) is 16.3 Å². The highest BCUT2D eigenvalue weighted by atomic mass is 16.5. The van der Waals surface area contributed by atoms with Crippen molar-refractivity contribution in [3.63, 3.8) is 0 Å². The molecule has 0 radical (unpaired) electrons. The molecule has 2 rings (SSSR count). The zero-order valence-electron chi connectivity index (χ0n) is 20.0. The quantitative estimate of drug-likeness (QED) is 0.382. The van der Waals surface area contributed by atoms with E-state index in [2.05, 4.69) is 10.3 Å². The largest absolute Gasteiger partial charge is 0.445 e. The first-order chi connectivity index (χ1) is 16.4. The van der Waals surface area contributed by atoms with Gasteiger partial charge in [-0.2, -0.15) is 0 Å². The molecule has 10 nitrogen and oxygen atoms in total. The molecule has 0 aliphatic heterocycles. The first-order valence-corrected chi connectivity index (χ1v) is 11.8. The Morgan fingerprint density at radius 2 is 1.79 bits per heavy atom. The van der Waals surface area contributed by atoms with Crippen LogP contribution in [0.15, 0.2) is 39.9 Å². The zero-order valence-corrected chi connectivity index (χ0v) is 20.0. The van der Waals surface area contributed by atoms with E-state index < -0.39 is 17.3 Å². The minimum Gasteiger partial charge on any atom is -0.445 e. The third-order valence-electron chi connectivity index (χ3n) is 5.31. The van der Waals surface area contributed by atoms with Crippen molar-refractivity contribution < 1.29 is 14.3 Å². The third-order valence-corrected chi connectivity index (χ3v) is 5.31. The zero-order chi connectivity index (χ0) is 24.9. The van der Waals surface area contributed by atoms with E-state index in [1.165, 1.54) is 9.47 Å². The van der Waals surface area contributed by atoms with Crippen LogP contribution in [0.2, 0.25) is 0 Å². The summed E-state index contributed by atoms with van der Waals surface area (Å²) in [4.78, 5) is 53.3. The first kappa shape index (κ1) is 26.7. The van der Waals surface area contributed by atoms with Gasteiger partial charge in [0.05, 0.1) is 0 Å². The Morgan fingerprint density at radius 1 is 1.09 bits per heavy atom. The molecule has 0 unspecified atom stereocenters. The van der Waals surface area contributed by atoms with Crippen LogP contribution in [0, 0.1) is 0 Å². The fraction of sp³-hybridized carbons (Fsp3) is 0.500. The van der Waals surface area contributed by atoms with Crippen LogP contribution in [-0.2, 0) is 22.7 Å².